The molecule has 0 radical (unpaired) electrons. The Balaban J connectivity index is 2.67. The van der Waals surface area contributed by atoms with Crippen molar-refractivity contribution in [1.29, 1.82) is 0 Å². The van der Waals surface area contributed by atoms with E-state index in [1.807, 2.05) is 32.0 Å². The Morgan fingerprint density at radius 1 is 1.38 bits per heavy atom. The van der Waals surface area contributed by atoms with Gasteiger partial charge >= 0.3 is 0 Å². The van der Waals surface area contributed by atoms with Crippen LogP contribution in [0, 0.1) is 0 Å². The van der Waals surface area contributed by atoms with Gasteiger partial charge in [0.15, 0.2) is 6.61 Å². The van der Waals surface area contributed by atoms with Crippen LogP contribution in [0.1, 0.15) is 39.2 Å². The third-order valence-corrected chi connectivity index (χ3v) is 3.90. The van der Waals surface area contributed by atoms with Crippen LogP contribution in [0.3, 0.4) is 0 Å². The van der Waals surface area contributed by atoms with E-state index >= 15 is 0 Å². The van der Waals surface area contributed by atoms with Crippen molar-refractivity contribution in [2.75, 3.05) is 6.61 Å². The number of hydrogen-bond donors (Lipinski definition) is 2. The fraction of sp³-hybridized carbons (Fsp3) is 0.562. The summed E-state index contributed by atoms with van der Waals surface area (Å²) < 4.78 is 6.64. The molecule has 1 rings (SSSR count). The van der Waals surface area contributed by atoms with Gasteiger partial charge in [-0.05, 0) is 49.9 Å². The predicted molar refractivity (Wildman–Crippen MR) is 89.5 cm³/mol. The molecule has 1 amide bonds. The molecule has 0 aliphatic carbocycles. The van der Waals surface area contributed by atoms with Crippen molar-refractivity contribution in [2.45, 2.75) is 52.1 Å². The molecule has 0 aromatic heterocycles. The summed E-state index contributed by atoms with van der Waals surface area (Å²) in [5, 5.41) is 2.88. The monoisotopic (exact) mass is 356 g/mol. The Morgan fingerprint density at radius 2 is 2.10 bits per heavy atom. The maximum atomic E-state index is 11.8. The average Bonchev–Trinajstić information content (AvgIpc) is 2.46. The number of benzene rings is 1. The van der Waals surface area contributed by atoms with Crippen molar-refractivity contribution in [1.82, 2.24) is 5.32 Å². The molecule has 0 fully saturated rings. The Morgan fingerprint density at radius 3 is 2.71 bits per heavy atom. The van der Waals surface area contributed by atoms with Gasteiger partial charge in [0.05, 0.1) is 0 Å². The molecule has 5 heteroatoms. The Kier molecular flexibility index (Phi) is 7.75. The summed E-state index contributed by atoms with van der Waals surface area (Å²) in [7, 11) is 0. The quantitative estimate of drug-likeness (QED) is 0.752. The van der Waals surface area contributed by atoms with E-state index in [9.17, 15) is 4.79 Å². The highest BCUT2D eigenvalue weighted by molar-refractivity contribution is 9.10. The zero-order valence-electron chi connectivity index (χ0n) is 13.0. The van der Waals surface area contributed by atoms with E-state index in [1.54, 1.807) is 0 Å². The number of nitrogens with two attached hydrogens (primary N) is 1. The van der Waals surface area contributed by atoms with Gasteiger partial charge in [0.25, 0.3) is 5.91 Å². The molecule has 0 saturated carbocycles. The van der Waals surface area contributed by atoms with E-state index in [2.05, 4.69) is 28.2 Å². The second kappa shape index (κ2) is 9.05. The first-order valence-corrected chi connectivity index (χ1v) is 8.21. The minimum absolute atomic E-state index is 0.0281. The SMILES string of the molecule is CCC(N)Cc1cc(Br)ccc1OCC(=O)NC(C)CC. The van der Waals surface area contributed by atoms with Crippen molar-refractivity contribution in [2.24, 2.45) is 5.73 Å². The largest absolute Gasteiger partial charge is 0.483 e. The molecule has 4 nitrogen and oxygen atoms in total. The summed E-state index contributed by atoms with van der Waals surface area (Å²) in [5.74, 6) is 0.624. The van der Waals surface area contributed by atoms with Gasteiger partial charge in [-0.2, -0.15) is 0 Å². The standard InChI is InChI=1S/C16H25BrN2O2/c1-4-11(3)19-16(20)10-21-15-7-6-13(17)8-12(15)9-14(18)5-2/h6-8,11,14H,4-5,9-10,18H2,1-3H3,(H,19,20). The molecular weight excluding hydrogens is 332 g/mol. The molecule has 0 heterocycles. The lowest BCUT2D eigenvalue weighted by Crippen LogP contribution is -2.35. The zero-order chi connectivity index (χ0) is 15.8. The van der Waals surface area contributed by atoms with E-state index in [4.69, 9.17) is 10.5 Å². The van der Waals surface area contributed by atoms with Gasteiger partial charge in [0.2, 0.25) is 0 Å². The molecule has 2 atom stereocenters. The molecule has 0 aliphatic heterocycles. The molecule has 1 aromatic rings. The third kappa shape index (κ3) is 6.48. The maximum Gasteiger partial charge on any atom is 0.258 e. The van der Waals surface area contributed by atoms with Gasteiger partial charge < -0.3 is 15.8 Å². The molecular formula is C16H25BrN2O2. The van der Waals surface area contributed by atoms with Crippen LogP contribution in [0.25, 0.3) is 0 Å². The van der Waals surface area contributed by atoms with E-state index in [-0.39, 0.29) is 24.6 Å². The first-order chi connectivity index (χ1) is 9.96. The van der Waals surface area contributed by atoms with Crippen molar-refractivity contribution in [3.63, 3.8) is 0 Å². The number of carbonyl (C=O) groups excluding carboxylic acids is 1. The highest BCUT2D eigenvalue weighted by atomic mass is 79.9. The van der Waals surface area contributed by atoms with E-state index in [1.165, 1.54) is 0 Å². The van der Waals surface area contributed by atoms with Crippen molar-refractivity contribution in [3.8, 4) is 5.75 Å². The van der Waals surface area contributed by atoms with Crippen LogP contribution in [0.2, 0.25) is 0 Å². The fourth-order valence-corrected chi connectivity index (χ4v) is 2.25. The van der Waals surface area contributed by atoms with Crippen molar-refractivity contribution >= 4 is 21.8 Å². The maximum absolute atomic E-state index is 11.8. The number of nitrogens with one attached hydrogen (secondary N) is 1. The van der Waals surface area contributed by atoms with Crippen molar-refractivity contribution in [3.05, 3.63) is 28.2 Å². The summed E-state index contributed by atoms with van der Waals surface area (Å²) in [6.45, 7) is 6.09. The number of carbonyl (C=O) groups is 1. The van der Waals surface area contributed by atoms with Crippen LogP contribution < -0.4 is 15.8 Å². The van der Waals surface area contributed by atoms with Crippen LogP contribution in [-0.4, -0.2) is 24.6 Å². The van der Waals surface area contributed by atoms with Gasteiger partial charge in [-0.15, -0.1) is 0 Å². The van der Waals surface area contributed by atoms with Gasteiger partial charge in [0.1, 0.15) is 5.75 Å². The number of ether oxygens (including phenoxy) is 1. The van der Waals surface area contributed by atoms with Crippen molar-refractivity contribution < 1.29 is 9.53 Å². The number of hydrogen-bond acceptors (Lipinski definition) is 3. The van der Waals surface area contributed by atoms with Crippen LogP contribution in [0.5, 0.6) is 5.75 Å². The molecule has 2 unspecified atom stereocenters. The predicted octanol–water partition coefficient (Wildman–Crippen LogP) is 3.02. The lowest BCUT2D eigenvalue weighted by atomic mass is 10.0. The average molecular weight is 357 g/mol. The summed E-state index contributed by atoms with van der Waals surface area (Å²) >= 11 is 3.45. The highest BCUT2D eigenvalue weighted by Crippen LogP contribution is 2.24. The lowest BCUT2D eigenvalue weighted by Gasteiger charge is -2.16. The molecule has 118 valence electrons. The molecule has 0 saturated heterocycles. The minimum atomic E-state index is -0.0991. The Bertz CT molecular complexity index is 466. The van der Waals surface area contributed by atoms with Gasteiger partial charge in [-0.25, -0.2) is 0 Å². The van der Waals surface area contributed by atoms with Gasteiger partial charge in [0, 0.05) is 16.6 Å². The summed E-state index contributed by atoms with van der Waals surface area (Å²) in [6, 6.07) is 6.04. The smallest absolute Gasteiger partial charge is 0.258 e. The first kappa shape index (κ1) is 18.0. The Labute approximate surface area is 135 Å². The van der Waals surface area contributed by atoms with E-state index in [0.29, 0.717) is 0 Å². The van der Waals surface area contributed by atoms with E-state index in [0.717, 1.165) is 35.0 Å². The van der Waals surface area contributed by atoms with Crippen LogP contribution >= 0.6 is 15.9 Å². The van der Waals surface area contributed by atoms with Crippen LogP contribution in [-0.2, 0) is 11.2 Å². The molecule has 3 N–H and O–H groups in total. The molecule has 0 spiro atoms. The Hall–Kier alpha value is -1.07. The molecule has 0 bridgehead atoms. The highest BCUT2D eigenvalue weighted by Gasteiger charge is 2.11. The first-order valence-electron chi connectivity index (χ1n) is 7.42. The minimum Gasteiger partial charge on any atom is -0.483 e. The molecule has 0 aliphatic rings. The zero-order valence-corrected chi connectivity index (χ0v) is 14.6. The second-order valence-corrected chi connectivity index (χ2v) is 6.21. The van der Waals surface area contributed by atoms with Gasteiger partial charge in [-0.1, -0.05) is 29.8 Å². The fourth-order valence-electron chi connectivity index (χ4n) is 1.84. The number of rotatable bonds is 8. The summed E-state index contributed by atoms with van der Waals surface area (Å²) in [4.78, 5) is 11.8. The topological polar surface area (TPSA) is 64.3 Å². The van der Waals surface area contributed by atoms with Crippen LogP contribution in [0.4, 0.5) is 0 Å². The van der Waals surface area contributed by atoms with Gasteiger partial charge in [-0.3, -0.25) is 4.79 Å². The van der Waals surface area contributed by atoms with Crippen LogP contribution in [0.15, 0.2) is 22.7 Å². The lowest BCUT2D eigenvalue weighted by molar-refractivity contribution is -0.123. The normalized spacial score (nSPS) is 13.6. The van der Waals surface area contributed by atoms with E-state index < -0.39 is 0 Å². The summed E-state index contributed by atoms with van der Waals surface area (Å²) in [6.07, 6.45) is 2.54. The third-order valence-electron chi connectivity index (χ3n) is 3.41. The molecule has 1 aromatic carbocycles. The molecule has 21 heavy (non-hydrogen) atoms. The number of halogens is 1. The second-order valence-electron chi connectivity index (χ2n) is 5.29. The number of amides is 1. The summed E-state index contributed by atoms with van der Waals surface area (Å²) in [5.41, 5.74) is 7.04.